The lowest BCUT2D eigenvalue weighted by atomic mass is 9.99. The molecule has 7 nitrogen and oxygen atoms in total. The number of carbonyl (C=O) groups is 1. The van der Waals surface area contributed by atoms with Crippen LogP contribution < -0.4 is 20.5 Å². The predicted octanol–water partition coefficient (Wildman–Crippen LogP) is 2.80. The van der Waals surface area contributed by atoms with E-state index in [4.69, 9.17) is 15.2 Å². The molecule has 1 aliphatic heterocycles. The highest BCUT2D eigenvalue weighted by molar-refractivity contribution is 5.94. The number of anilines is 1. The molecular weight excluding hydrogens is 368 g/mol. The summed E-state index contributed by atoms with van der Waals surface area (Å²) < 4.78 is 10.5. The molecule has 0 bridgehead atoms. The summed E-state index contributed by atoms with van der Waals surface area (Å²) in [4.78, 5) is 18.7. The minimum Gasteiger partial charge on any atom is -0.497 e. The van der Waals surface area contributed by atoms with Crippen molar-refractivity contribution in [3.05, 3.63) is 53.6 Å². The van der Waals surface area contributed by atoms with Gasteiger partial charge in [0.2, 0.25) is 5.91 Å². The number of ether oxygens (including phenoxy) is 2. The third-order valence-corrected chi connectivity index (χ3v) is 4.98. The van der Waals surface area contributed by atoms with Crippen LogP contribution in [-0.4, -0.2) is 44.1 Å². The summed E-state index contributed by atoms with van der Waals surface area (Å²) >= 11 is 0. The van der Waals surface area contributed by atoms with Gasteiger partial charge in [0, 0.05) is 32.1 Å². The highest BCUT2D eigenvalue weighted by Gasteiger charge is 2.19. The van der Waals surface area contributed by atoms with Gasteiger partial charge in [0.15, 0.2) is 5.96 Å². The number of guanidine groups is 1. The van der Waals surface area contributed by atoms with Crippen LogP contribution in [0.4, 0.5) is 5.69 Å². The molecule has 2 aromatic rings. The molecule has 0 radical (unpaired) electrons. The lowest BCUT2D eigenvalue weighted by Crippen LogP contribution is -2.35. The second kappa shape index (κ2) is 9.82. The first-order valence-corrected chi connectivity index (χ1v) is 9.74. The Morgan fingerprint density at radius 3 is 2.72 bits per heavy atom. The Kier molecular flexibility index (Phi) is 6.94. The zero-order chi connectivity index (χ0) is 20.6. The van der Waals surface area contributed by atoms with Gasteiger partial charge in [-0.05, 0) is 36.1 Å². The van der Waals surface area contributed by atoms with Gasteiger partial charge >= 0.3 is 0 Å². The van der Waals surface area contributed by atoms with Gasteiger partial charge in [-0.3, -0.25) is 9.79 Å². The van der Waals surface area contributed by atoms with E-state index in [2.05, 4.69) is 22.4 Å². The molecule has 0 saturated heterocycles. The Morgan fingerprint density at radius 2 is 1.97 bits per heavy atom. The predicted molar refractivity (Wildman–Crippen MR) is 114 cm³/mol. The van der Waals surface area contributed by atoms with Crippen molar-refractivity contribution >= 4 is 17.6 Å². The molecule has 0 unspecified atom stereocenters. The molecule has 154 valence electrons. The summed E-state index contributed by atoms with van der Waals surface area (Å²) in [6.07, 6.45) is 2.02. The fourth-order valence-electron chi connectivity index (χ4n) is 3.39. The number of rotatable bonds is 7. The number of amides is 1. The number of hydrogen-bond donors (Lipinski definition) is 2. The average molecular weight is 396 g/mol. The SMILES string of the molecule is COc1ccc(OC)c(NC(N)=NCCCC(=O)N2CCc3ccccc3C2)c1. The van der Waals surface area contributed by atoms with E-state index in [-0.39, 0.29) is 11.9 Å². The number of benzene rings is 2. The van der Waals surface area contributed by atoms with Crippen molar-refractivity contribution < 1.29 is 14.3 Å². The van der Waals surface area contributed by atoms with E-state index in [0.29, 0.717) is 43.1 Å². The Hall–Kier alpha value is -3.22. The number of nitrogens with zero attached hydrogens (tertiary/aromatic N) is 2. The van der Waals surface area contributed by atoms with Gasteiger partial charge < -0.3 is 25.4 Å². The van der Waals surface area contributed by atoms with Crippen LogP contribution in [0, 0.1) is 0 Å². The highest BCUT2D eigenvalue weighted by atomic mass is 16.5. The van der Waals surface area contributed by atoms with Crippen LogP contribution in [0.2, 0.25) is 0 Å². The van der Waals surface area contributed by atoms with Crippen LogP contribution in [0.25, 0.3) is 0 Å². The molecule has 0 aromatic heterocycles. The number of aliphatic imine (C=N–C) groups is 1. The van der Waals surface area contributed by atoms with Gasteiger partial charge in [0.05, 0.1) is 19.9 Å². The monoisotopic (exact) mass is 396 g/mol. The van der Waals surface area contributed by atoms with Gasteiger partial charge in [-0.15, -0.1) is 0 Å². The molecule has 0 saturated carbocycles. The normalized spacial score (nSPS) is 13.6. The highest BCUT2D eigenvalue weighted by Crippen LogP contribution is 2.28. The van der Waals surface area contributed by atoms with Crippen LogP contribution in [0.3, 0.4) is 0 Å². The van der Waals surface area contributed by atoms with Crippen molar-refractivity contribution in [1.29, 1.82) is 0 Å². The molecule has 29 heavy (non-hydrogen) atoms. The zero-order valence-electron chi connectivity index (χ0n) is 17.0. The third-order valence-electron chi connectivity index (χ3n) is 4.98. The van der Waals surface area contributed by atoms with Gasteiger partial charge in [0.25, 0.3) is 0 Å². The topological polar surface area (TPSA) is 89.2 Å². The van der Waals surface area contributed by atoms with E-state index in [1.807, 2.05) is 23.1 Å². The van der Waals surface area contributed by atoms with Crippen molar-refractivity contribution in [2.75, 3.05) is 32.6 Å². The number of nitrogens with one attached hydrogen (secondary N) is 1. The number of nitrogens with two attached hydrogens (primary N) is 1. The molecular formula is C22H28N4O3. The summed E-state index contributed by atoms with van der Waals surface area (Å²) in [5, 5.41) is 3.03. The van der Waals surface area contributed by atoms with Gasteiger partial charge in [-0.2, -0.15) is 0 Å². The minimum atomic E-state index is 0.163. The molecule has 7 heteroatoms. The first-order valence-electron chi connectivity index (χ1n) is 9.74. The van der Waals surface area contributed by atoms with Crippen molar-refractivity contribution in [3.63, 3.8) is 0 Å². The van der Waals surface area contributed by atoms with E-state index in [9.17, 15) is 4.79 Å². The van der Waals surface area contributed by atoms with Crippen molar-refractivity contribution in [1.82, 2.24) is 4.90 Å². The maximum absolute atomic E-state index is 12.5. The van der Waals surface area contributed by atoms with E-state index in [0.717, 1.165) is 13.0 Å². The van der Waals surface area contributed by atoms with Crippen LogP contribution in [-0.2, 0) is 17.8 Å². The van der Waals surface area contributed by atoms with E-state index < -0.39 is 0 Å². The first-order chi connectivity index (χ1) is 14.1. The maximum Gasteiger partial charge on any atom is 0.222 e. The molecule has 2 aromatic carbocycles. The van der Waals surface area contributed by atoms with E-state index in [1.165, 1.54) is 11.1 Å². The molecule has 1 amide bonds. The summed E-state index contributed by atoms with van der Waals surface area (Å²) in [6, 6.07) is 13.7. The third kappa shape index (κ3) is 5.40. The maximum atomic E-state index is 12.5. The fourth-order valence-corrected chi connectivity index (χ4v) is 3.39. The van der Waals surface area contributed by atoms with Gasteiger partial charge in [-0.1, -0.05) is 24.3 Å². The average Bonchev–Trinajstić information content (AvgIpc) is 2.76. The largest absolute Gasteiger partial charge is 0.497 e. The standard InChI is InChI=1S/C22H28N4O3/c1-28-18-9-10-20(29-2)19(14-18)25-22(23)24-12-5-8-21(27)26-13-11-16-6-3-4-7-17(16)15-26/h3-4,6-7,9-10,14H,5,8,11-13,15H2,1-2H3,(H3,23,24,25). The van der Waals surface area contributed by atoms with Crippen LogP contribution >= 0.6 is 0 Å². The minimum absolute atomic E-state index is 0.163. The summed E-state index contributed by atoms with van der Waals surface area (Å²) in [7, 11) is 3.19. The van der Waals surface area contributed by atoms with E-state index in [1.54, 1.807) is 26.4 Å². The molecule has 0 spiro atoms. The number of methoxy groups -OCH3 is 2. The summed E-state index contributed by atoms with van der Waals surface area (Å²) in [5.74, 6) is 1.77. The lowest BCUT2D eigenvalue weighted by molar-refractivity contribution is -0.132. The molecule has 0 fully saturated rings. The second-order valence-corrected chi connectivity index (χ2v) is 6.90. The number of carbonyl (C=O) groups excluding carboxylic acids is 1. The Labute approximate surface area is 171 Å². The molecule has 3 N–H and O–H groups in total. The Balaban J connectivity index is 1.47. The van der Waals surface area contributed by atoms with Crippen molar-refractivity contribution in [2.45, 2.75) is 25.8 Å². The lowest BCUT2D eigenvalue weighted by Gasteiger charge is -2.28. The number of fused-ring (bicyclic) bond motifs is 1. The second-order valence-electron chi connectivity index (χ2n) is 6.90. The summed E-state index contributed by atoms with van der Waals surface area (Å²) in [6.45, 7) is 1.94. The summed E-state index contributed by atoms with van der Waals surface area (Å²) in [5.41, 5.74) is 9.24. The van der Waals surface area contributed by atoms with Gasteiger partial charge in [-0.25, -0.2) is 0 Å². The molecule has 1 aliphatic rings. The van der Waals surface area contributed by atoms with Crippen LogP contribution in [0.15, 0.2) is 47.5 Å². The first kappa shape index (κ1) is 20.5. The van der Waals surface area contributed by atoms with Crippen molar-refractivity contribution in [2.24, 2.45) is 10.7 Å². The molecule has 3 rings (SSSR count). The van der Waals surface area contributed by atoms with Crippen LogP contribution in [0.1, 0.15) is 24.0 Å². The zero-order valence-corrected chi connectivity index (χ0v) is 17.0. The Bertz CT molecular complexity index is 882. The Morgan fingerprint density at radius 1 is 1.17 bits per heavy atom. The van der Waals surface area contributed by atoms with Gasteiger partial charge in [0.1, 0.15) is 11.5 Å². The molecule has 1 heterocycles. The smallest absolute Gasteiger partial charge is 0.222 e. The van der Waals surface area contributed by atoms with Crippen molar-refractivity contribution in [3.8, 4) is 11.5 Å². The number of hydrogen-bond acceptors (Lipinski definition) is 4. The van der Waals surface area contributed by atoms with Crippen LogP contribution in [0.5, 0.6) is 11.5 Å². The fraction of sp³-hybridized carbons (Fsp3) is 0.364. The van der Waals surface area contributed by atoms with E-state index >= 15 is 0 Å². The quantitative estimate of drug-likeness (QED) is 0.427. The molecule has 0 atom stereocenters. The molecule has 0 aliphatic carbocycles.